The van der Waals surface area contributed by atoms with Gasteiger partial charge in [-0.25, -0.2) is 0 Å². The van der Waals surface area contributed by atoms with Crippen molar-refractivity contribution in [2.24, 2.45) is 0 Å². The van der Waals surface area contributed by atoms with E-state index < -0.39 is 5.41 Å². The third-order valence-electron chi connectivity index (χ3n) is 6.91. The Bertz CT molecular complexity index is 1260. The molecule has 1 fully saturated rings. The summed E-state index contributed by atoms with van der Waals surface area (Å²) in [6, 6.07) is 5.98. The maximum atomic E-state index is 12.7. The lowest BCUT2D eigenvalue weighted by Crippen LogP contribution is -2.42. The van der Waals surface area contributed by atoms with Crippen LogP contribution < -0.4 is 10.6 Å². The van der Waals surface area contributed by atoms with E-state index in [2.05, 4.69) is 48.8 Å². The molecular formula is C23H26N8O2S2. The molecule has 3 aromatic heterocycles. The van der Waals surface area contributed by atoms with Crippen LogP contribution in [0.3, 0.4) is 0 Å². The molecule has 0 radical (unpaired) electrons. The van der Waals surface area contributed by atoms with Crippen molar-refractivity contribution in [1.29, 1.82) is 5.26 Å². The zero-order valence-corrected chi connectivity index (χ0v) is 21.0. The fourth-order valence-electron chi connectivity index (χ4n) is 5.23. The molecule has 0 aromatic carbocycles. The van der Waals surface area contributed by atoms with Gasteiger partial charge in [0.2, 0.25) is 5.91 Å². The van der Waals surface area contributed by atoms with Crippen LogP contribution in [0.5, 0.6) is 0 Å². The molecule has 3 aromatic rings. The summed E-state index contributed by atoms with van der Waals surface area (Å²) in [4.78, 5) is 30.0. The highest BCUT2D eigenvalue weighted by Gasteiger charge is 2.46. The highest BCUT2D eigenvalue weighted by atomic mass is 32.1. The molecule has 12 heteroatoms. The molecular weight excluding hydrogens is 484 g/mol. The van der Waals surface area contributed by atoms with Crippen molar-refractivity contribution >= 4 is 34.5 Å². The quantitative estimate of drug-likeness (QED) is 0.410. The molecule has 2 amide bonds. The second-order valence-electron chi connectivity index (χ2n) is 8.73. The van der Waals surface area contributed by atoms with Crippen LogP contribution in [0.25, 0.3) is 0 Å². The van der Waals surface area contributed by atoms with E-state index in [1.54, 1.807) is 23.3 Å². The Morgan fingerprint density at radius 1 is 1.34 bits per heavy atom. The van der Waals surface area contributed by atoms with Gasteiger partial charge in [0.25, 0.3) is 5.91 Å². The van der Waals surface area contributed by atoms with Crippen molar-refractivity contribution in [1.82, 2.24) is 36.2 Å². The molecule has 5 rings (SSSR count). The number of likely N-dealkylation sites (tertiary alicyclic amines) is 1. The number of rotatable bonds is 7. The van der Waals surface area contributed by atoms with Gasteiger partial charge in [0.15, 0.2) is 5.82 Å². The summed E-state index contributed by atoms with van der Waals surface area (Å²) in [5.74, 6) is 0.383. The first kappa shape index (κ1) is 23.6. The van der Waals surface area contributed by atoms with E-state index >= 15 is 0 Å². The Balaban J connectivity index is 1.46. The van der Waals surface area contributed by atoms with Crippen LogP contribution >= 0.6 is 22.7 Å². The van der Waals surface area contributed by atoms with Crippen LogP contribution in [-0.4, -0.2) is 70.1 Å². The van der Waals surface area contributed by atoms with E-state index in [9.17, 15) is 14.9 Å². The number of amides is 2. The molecule has 0 spiro atoms. The first-order valence-electron chi connectivity index (χ1n) is 11.6. The minimum absolute atomic E-state index is 0.0575. The van der Waals surface area contributed by atoms with Gasteiger partial charge in [-0.05, 0) is 67.3 Å². The number of H-pyrrole nitrogens is 1. The van der Waals surface area contributed by atoms with Gasteiger partial charge < -0.3 is 15.5 Å². The normalized spacial score (nSPS) is 21.1. The Morgan fingerprint density at radius 2 is 2.20 bits per heavy atom. The Labute approximate surface area is 210 Å². The second kappa shape index (κ2) is 9.85. The number of thiophene rings is 2. The lowest BCUT2D eigenvalue weighted by atomic mass is 9.72. The van der Waals surface area contributed by atoms with Crippen molar-refractivity contribution < 1.29 is 9.59 Å². The van der Waals surface area contributed by atoms with E-state index in [-0.39, 0.29) is 24.4 Å². The zero-order chi connectivity index (χ0) is 24.4. The highest BCUT2D eigenvalue weighted by molar-refractivity contribution is 7.14. The fourth-order valence-corrected chi connectivity index (χ4v) is 7.38. The first-order valence-corrected chi connectivity index (χ1v) is 13.3. The number of aromatic nitrogens is 4. The fraction of sp³-hybridized carbons (Fsp3) is 0.478. The molecule has 2 unspecified atom stereocenters. The number of nitrogens with one attached hydrogen (secondary N) is 3. The summed E-state index contributed by atoms with van der Waals surface area (Å²) in [5, 5.41) is 32.7. The predicted octanol–water partition coefficient (Wildman–Crippen LogP) is 1.61. The summed E-state index contributed by atoms with van der Waals surface area (Å²) < 4.78 is 0. The standard InChI is InChI=1S/C23H26N8O2S2/c1-25-21(33)19-11-16-18(35-19)5-4-17-15(6-10-34-17)23(16,22-27-29-30-28-22)7-8-26-13-20(32)31-9-2-3-14(31)12-24/h6,10-11,14,26H,2-5,7-9,13H2,1H3,(H,25,33)(H,27,28,29,30). The minimum atomic E-state index is -0.699. The molecule has 10 nitrogen and oxygen atoms in total. The lowest BCUT2D eigenvalue weighted by Gasteiger charge is -2.31. The molecule has 0 saturated carbocycles. The summed E-state index contributed by atoms with van der Waals surface area (Å²) in [5.41, 5.74) is 1.45. The molecule has 35 heavy (non-hydrogen) atoms. The molecule has 4 heterocycles. The third-order valence-corrected chi connectivity index (χ3v) is 9.08. The number of hydrogen-bond acceptors (Lipinski definition) is 9. The molecule has 0 bridgehead atoms. The van der Waals surface area contributed by atoms with E-state index in [0.717, 1.165) is 41.7 Å². The van der Waals surface area contributed by atoms with Gasteiger partial charge in [-0.1, -0.05) is 5.21 Å². The van der Waals surface area contributed by atoms with E-state index in [1.807, 2.05) is 6.07 Å². The van der Waals surface area contributed by atoms with Crippen molar-refractivity contribution in [3.05, 3.63) is 49.1 Å². The van der Waals surface area contributed by atoms with Crippen LogP contribution in [0.2, 0.25) is 0 Å². The number of aryl methyl sites for hydroxylation is 2. The number of carbonyl (C=O) groups is 2. The Morgan fingerprint density at radius 3 is 2.97 bits per heavy atom. The number of tetrazole rings is 1. The molecule has 2 atom stereocenters. The van der Waals surface area contributed by atoms with Crippen LogP contribution in [0.15, 0.2) is 17.5 Å². The second-order valence-corrected chi connectivity index (χ2v) is 10.9. The maximum absolute atomic E-state index is 12.7. The van der Waals surface area contributed by atoms with Gasteiger partial charge in [-0.2, -0.15) is 10.5 Å². The van der Waals surface area contributed by atoms with Crippen molar-refractivity contribution in [3.63, 3.8) is 0 Å². The number of carbonyl (C=O) groups excluding carboxylic acids is 2. The average Bonchev–Trinajstić information content (AvgIpc) is 3.68. The molecule has 1 saturated heterocycles. The van der Waals surface area contributed by atoms with Gasteiger partial charge in [0, 0.05) is 23.3 Å². The summed E-state index contributed by atoms with van der Waals surface area (Å²) in [6.45, 7) is 1.31. The number of hydrogen-bond donors (Lipinski definition) is 3. The van der Waals surface area contributed by atoms with E-state index in [1.165, 1.54) is 16.2 Å². The smallest absolute Gasteiger partial charge is 0.261 e. The summed E-state index contributed by atoms with van der Waals surface area (Å²) >= 11 is 3.23. The molecule has 182 valence electrons. The van der Waals surface area contributed by atoms with Crippen molar-refractivity contribution in [3.8, 4) is 6.07 Å². The van der Waals surface area contributed by atoms with Crippen LogP contribution in [-0.2, 0) is 23.1 Å². The molecule has 2 aliphatic rings. The van der Waals surface area contributed by atoms with Gasteiger partial charge in [-0.3, -0.25) is 9.59 Å². The van der Waals surface area contributed by atoms with Gasteiger partial charge in [0.05, 0.1) is 22.9 Å². The minimum Gasteiger partial charge on any atom is -0.354 e. The largest absolute Gasteiger partial charge is 0.354 e. The number of nitrogens with zero attached hydrogens (tertiary/aromatic N) is 5. The molecule has 1 aliphatic carbocycles. The third kappa shape index (κ3) is 4.13. The topological polar surface area (TPSA) is 140 Å². The van der Waals surface area contributed by atoms with Gasteiger partial charge in [-0.15, -0.1) is 32.9 Å². The van der Waals surface area contributed by atoms with Crippen LogP contribution in [0, 0.1) is 11.3 Å². The monoisotopic (exact) mass is 510 g/mol. The average molecular weight is 511 g/mol. The summed E-state index contributed by atoms with van der Waals surface area (Å²) in [6.07, 6.45) is 3.89. The highest BCUT2D eigenvalue weighted by Crippen LogP contribution is 2.49. The summed E-state index contributed by atoms with van der Waals surface area (Å²) in [7, 11) is 1.63. The van der Waals surface area contributed by atoms with E-state index in [0.29, 0.717) is 30.2 Å². The lowest BCUT2D eigenvalue weighted by molar-refractivity contribution is -0.130. The number of fused-ring (bicyclic) bond motifs is 2. The number of nitriles is 1. The van der Waals surface area contributed by atoms with Gasteiger partial charge >= 0.3 is 0 Å². The number of aromatic amines is 1. The maximum Gasteiger partial charge on any atom is 0.261 e. The first-order chi connectivity index (χ1) is 17.1. The van der Waals surface area contributed by atoms with E-state index in [4.69, 9.17) is 0 Å². The molecule has 3 N–H and O–H groups in total. The van der Waals surface area contributed by atoms with Gasteiger partial charge in [0.1, 0.15) is 6.04 Å². The van der Waals surface area contributed by atoms with Crippen molar-refractivity contribution in [2.75, 3.05) is 26.7 Å². The van der Waals surface area contributed by atoms with Crippen molar-refractivity contribution in [2.45, 2.75) is 43.6 Å². The Hall–Kier alpha value is -3.14. The van der Waals surface area contributed by atoms with Crippen LogP contribution in [0.4, 0.5) is 0 Å². The predicted molar refractivity (Wildman–Crippen MR) is 131 cm³/mol. The molecule has 1 aliphatic heterocycles. The zero-order valence-electron chi connectivity index (χ0n) is 19.3. The van der Waals surface area contributed by atoms with Crippen LogP contribution in [0.1, 0.15) is 55.6 Å². The SMILES string of the molecule is CNC(=O)c1cc2c(s1)CCc1sccc1C2(CCNCC(=O)N1CCCC1C#N)c1nn[nH]n1. The Kier molecular flexibility index (Phi) is 6.64.